The van der Waals surface area contributed by atoms with E-state index in [1.165, 1.54) is 18.4 Å². The Labute approximate surface area is 193 Å². The first-order valence-electron chi connectivity index (χ1n) is 11.4. The summed E-state index contributed by atoms with van der Waals surface area (Å²) >= 11 is 1.66. The third kappa shape index (κ3) is 4.42. The number of non-ortho nitro benzene ring substituents is 1. The lowest BCUT2D eigenvalue weighted by Gasteiger charge is -2.36. The van der Waals surface area contributed by atoms with Crippen LogP contribution in [0.3, 0.4) is 0 Å². The average molecular weight is 450 g/mol. The summed E-state index contributed by atoms with van der Waals surface area (Å²) in [6, 6.07) is 15.6. The van der Waals surface area contributed by atoms with Gasteiger partial charge in [0.1, 0.15) is 0 Å². The van der Waals surface area contributed by atoms with E-state index in [9.17, 15) is 10.1 Å². The van der Waals surface area contributed by atoms with Gasteiger partial charge in [0.2, 0.25) is 0 Å². The summed E-state index contributed by atoms with van der Waals surface area (Å²) in [5.41, 5.74) is 4.47. The van der Waals surface area contributed by atoms with Gasteiger partial charge < -0.3 is 4.57 Å². The van der Waals surface area contributed by atoms with Crippen LogP contribution in [0.25, 0.3) is 11.3 Å². The molecule has 6 heteroatoms. The number of nitrogens with zero attached hydrogens (tertiary/aromatic N) is 3. The number of aromatic nitrogens is 1. The summed E-state index contributed by atoms with van der Waals surface area (Å²) < 4.78 is 2.41. The van der Waals surface area contributed by atoms with Gasteiger partial charge in [-0.3, -0.25) is 10.1 Å². The lowest BCUT2D eigenvalue weighted by molar-refractivity contribution is -0.384. The molecule has 1 aliphatic rings. The van der Waals surface area contributed by atoms with Crippen LogP contribution < -0.4 is 4.80 Å². The van der Waals surface area contributed by atoms with Gasteiger partial charge in [-0.25, -0.2) is 4.99 Å². The monoisotopic (exact) mass is 449 g/mol. The fraction of sp³-hybridized carbons (Fsp3) is 0.423. The number of nitro groups is 1. The Hall–Kier alpha value is -2.73. The van der Waals surface area contributed by atoms with E-state index in [4.69, 9.17) is 4.99 Å². The molecule has 0 bridgehead atoms. The van der Waals surface area contributed by atoms with Gasteiger partial charge in [-0.1, -0.05) is 58.7 Å². The van der Waals surface area contributed by atoms with E-state index in [-0.39, 0.29) is 10.6 Å². The summed E-state index contributed by atoms with van der Waals surface area (Å²) in [6.45, 7) is 9.10. The van der Waals surface area contributed by atoms with Crippen LogP contribution in [-0.2, 0) is 0 Å². The molecular weight excluding hydrogens is 418 g/mol. The smallest absolute Gasteiger partial charge is 0.269 e. The first-order valence-corrected chi connectivity index (χ1v) is 12.3. The van der Waals surface area contributed by atoms with Crippen molar-refractivity contribution in [3.63, 3.8) is 0 Å². The third-order valence-electron chi connectivity index (χ3n) is 6.89. The number of benzene rings is 2. The topological polar surface area (TPSA) is 60.4 Å². The molecule has 0 radical (unpaired) electrons. The number of hydrogen-bond acceptors (Lipinski definition) is 4. The fourth-order valence-corrected chi connectivity index (χ4v) is 5.75. The minimum atomic E-state index is -0.347. The first kappa shape index (κ1) is 22.5. The van der Waals surface area contributed by atoms with Gasteiger partial charge >= 0.3 is 0 Å². The largest absolute Gasteiger partial charge is 0.313 e. The number of nitro benzene ring substituents is 1. The molecule has 0 spiro atoms. The molecule has 32 heavy (non-hydrogen) atoms. The molecule has 1 aromatic heterocycles. The van der Waals surface area contributed by atoms with E-state index in [1.54, 1.807) is 23.5 Å². The van der Waals surface area contributed by atoms with Crippen molar-refractivity contribution in [2.24, 2.45) is 16.8 Å². The molecule has 2 aromatic carbocycles. The van der Waals surface area contributed by atoms with Crippen LogP contribution in [0, 0.1) is 22.0 Å². The first-order chi connectivity index (χ1) is 15.4. The van der Waals surface area contributed by atoms with Crippen molar-refractivity contribution in [1.29, 1.82) is 0 Å². The highest BCUT2D eigenvalue weighted by molar-refractivity contribution is 7.07. The molecule has 0 amide bonds. The highest BCUT2D eigenvalue weighted by Crippen LogP contribution is 2.40. The van der Waals surface area contributed by atoms with Gasteiger partial charge in [-0.05, 0) is 53.5 Å². The normalized spacial score (nSPS) is 21.8. The van der Waals surface area contributed by atoms with Crippen molar-refractivity contribution in [2.75, 3.05) is 0 Å². The van der Waals surface area contributed by atoms with Crippen molar-refractivity contribution in [3.8, 4) is 11.3 Å². The molecule has 4 rings (SSSR count). The van der Waals surface area contributed by atoms with E-state index in [0.29, 0.717) is 23.8 Å². The van der Waals surface area contributed by atoms with Gasteiger partial charge in [-0.15, -0.1) is 11.3 Å². The highest BCUT2D eigenvalue weighted by Gasteiger charge is 2.30. The van der Waals surface area contributed by atoms with Crippen molar-refractivity contribution in [1.82, 2.24) is 4.57 Å². The predicted molar refractivity (Wildman–Crippen MR) is 131 cm³/mol. The standard InChI is InChI=1S/C26H31N3O2S/c1-17(2)22-9-5-6-10-23(22)27-26-28(24-11-7-8-18(3)19(24)4)25(16-32-26)20-12-14-21(15-13-20)29(30)31/h5-6,9-10,12-19,24H,7-8,11H2,1-4H3. The van der Waals surface area contributed by atoms with Gasteiger partial charge in [0.15, 0.2) is 4.80 Å². The van der Waals surface area contributed by atoms with E-state index < -0.39 is 0 Å². The van der Waals surface area contributed by atoms with Gasteiger partial charge in [0.25, 0.3) is 5.69 Å². The highest BCUT2D eigenvalue weighted by atomic mass is 32.1. The number of hydrogen-bond donors (Lipinski definition) is 0. The molecule has 0 N–H and O–H groups in total. The zero-order valence-corrected chi connectivity index (χ0v) is 20.0. The Balaban J connectivity index is 1.89. The maximum absolute atomic E-state index is 11.1. The maximum Gasteiger partial charge on any atom is 0.269 e. The van der Waals surface area contributed by atoms with Crippen LogP contribution in [0.5, 0.6) is 0 Å². The Morgan fingerprint density at radius 2 is 1.81 bits per heavy atom. The summed E-state index contributed by atoms with van der Waals surface area (Å²) in [5.74, 6) is 1.59. The van der Waals surface area contributed by atoms with Crippen molar-refractivity contribution >= 4 is 22.7 Å². The molecule has 1 fully saturated rings. The Morgan fingerprint density at radius 3 is 2.50 bits per heavy atom. The van der Waals surface area contributed by atoms with Crippen molar-refractivity contribution in [3.05, 3.63) is 74.4 Å². The Kier molecular flexibility index (Phi) is 6.60. The molecule has 3 atom stereocenters. The van der Waals surface area contributed by atoms with E-state index >= 15 is 0 Å². The molecule has 3 aromatic rings. The molecule has 0 aliphatic heterocycles. The van der Waals surface area contributed by atoms with E-state index in [2.05, 4.69) is 55.8 Å². The maximum atomic E-state index is 11.1. The van der Waals surface area contributed by atoms with Gasteiger partial charge in [0.05, 0.1) is 16.3 Å². The molecule has 1 aliphatic carbocycles. The molecular formula is C26H31N3O2S. The summed E-state index contributed by atoms with van der Waals surface area (Å²) in [7, 11) is 0. The van der Waals surface area contributed by atoms with E-state index in [0.717, 1.165) is 28.2 Å². The number of para-hydroxylation sites is 1. The summed E-state index contributed by atoms with van der Waals surface area (Å²) in [6.07, 6.45) is 3.60. The second kappa shape index (κ2) is 9.41. The minimum Gasteiger partial charge on any atom is -0.313 e. The number of thiazole rings is 1. The SMILES string of the molecule is CC(C)c1ccccc1N=c1scc(-c2ccc([N+](=O)[O-])cc2)n1C1CCCC(C)C1C. The number of rotatable bonds is 5. The summed E-state index contributed by atoms with van der Waals surface area (Å²) in [5, 5.41) is 13.3. The molecule has 168 valence electrons. The Bertz CT molecular complexity index is 1160. The molecule has 5 nitrogen and oxygen atoms in total. The fourth-order valence-electron chi connectivity index (χ4n) is 4.79. The summed E-state index contributed by atoms with van der Waals surface area (Å²) in [4.78, 5) is 16.9. The zero-order valence-electron chi connectivity index (χ0n) is 19.2. The van der Waals surface area contributed by atoms with Crippen molar-refractivity contribution in [2.45, 2.75) is 58.9 Å². The minimum absolute atomic E-state index is 0.117. The van der Waals surface area contributed by atoms with Gasteiger partial charge in [0, 0.05) is 23.6 Å². The predicted octanol–water partition coefficient (Wildman–Crippen LogP) is 7.48. The lowest BCUT2D eigenvalue weighted by Crippen LogP contribution is -2.32. The quantitative estimate of drug-likeness (QED) is 0.299. The van der Waals surface area contributed by atoms with Crippen LogP contribution in [0.4, 0.5) is 11.4 Å². The van der Waals surface area contributed by atoms with Crippen LogP contribution in [-0.4, -0.2) is 9.49 Å². The van der Waals surface area contributed by atoms with Crippen molar-refractivity contribution < 1.29 is 4.92 Å². The molecule has 1 saturated carbocycles. The third-order valence-corrected chi connectivity index (χ3v) is 7.73. The second-order valence-electron chi connectivity index (χ2n) is 9.24. The van der Waals surface area contributed by atoms with Crippen LogP contribution in [0.15, 0.2) is 58.9 Å². The van der Waals surface area contributed by atoms with Crippen LogP contribution >= 0.6 is 11.3 Å². The Morgan fingerprint density at radius 1 is 1.09 bits per heavy atom. The van der Waals surface area contributed by atoms with Crippen LogP contribution in [0.2, 0.25) is 0 Å². The molecule has 3 unspecified atom stereocenters. The zero-order chi connectivity index (χ0) is 22.8. The average Bonchev–Trinajstić information content (AvgIpc) is 3.19. The molecule has 0 saturated heterocycles. The lowest BCUT2D eigenvalue weighted by atomic mass is 9.78. The van der Waals surface area contributed by atoms with E-state index in [1.807, 2.05) is 18.2 Å². The van der Waals surface area contributed by atoms with Crippen LogP contribution in [0.1, 0.15) is 64.5 Å². The molecule has 1 heterocycles. The van der Waals surface area contributed by atoms with Gasteiger partial charge in [-0.2, -0.15) is 0 Å². The second-order valence-corrected chi connectivity index (χ2v) is 10.1.